The van der Waals surface area contributed by atoms with Crippen molar-refractivity contribution in [3.05, 3.63) is 71.3 Å². The number of benzene rings is 2. The monoisotopic (exact) mass is 453 g/mol. The Morgan fingerprint density at radius 1 is 1.21 bits per heavy atom. The molecule has 0 spiro atoms. The van der Waals surface area contributed by atoms with E-state index in [1.54, 1.807) is 22.8 Å². The molecule has 10 heteroatoms. The summed E-state index contributed by atoms with van der Waals surface area (Å²) < 4.78 is 25.9. The maximum absolute atomic E-state index is 13.5. The van der Waals surface area contributed by atoms with E-state index < -0.39 is 23.6 Å². The van der Waals surface area contributed by atoms with Gasteiger partial charge in [0.15, 0.2) is 18.1 Å². The minimum Gasteiger partial charge on any atom is -0.493 e. The Balaban J connectivity index is 1.88. The lowest BCUT2D eigenvalue weighted by molar-refractivity contribution is -0.120. The number of hydrogen-bond acceptors (Lipinski definition) is 5. The lowest BCUT2D eigenvalue weighted by Crippen LogP contribution is -2.25. The topological polar surface area (TPSA) is 133 Å². The molecule has 1 aliphatic heterocycles. The van der Waals surface area contributed by atoms with E-state index >= 15 is 0 Å². The van der Waals surface area contributed by atoms with Crippen LogP contribution in [0.5, 0.6) is 11.5 Å². The number of primary amides is 1. The van der Waals surface area contributed by atoms with Crippen LogP contribution in [-0.2, 0) is 9.59 Å². The normalized spacial score (nSPS) is 14.8. The van der Waals surface area contributed by atoms with Gasteiger partial charge in [-0.05, 0) is 42.0 Å². The van der Waals surface area contributed by atoms with Crippen molar-refractivity contribution in [2.75, 3.05) is 19.0 Å². The van der Waals surface area contributed by atoms with Crippen molar-refractivity contribution in [2.24, 2.45) is 5.73 Å². The molecule has 1 aliphatic rings. The average Bonchev–Trinajstić information content (AvgIpc) is 3.17. The van der Waals surface area contributed by atoms with Crippen LogP contribution in [0.2, 0.25) is 0 Å². The molecule has 2 heterocycles. The summed E-state index contributed by atoms with van der Waals surface area (Å²) in [5, 5.41) is 12.4. The number of carboxylic acids is 1. The second kappa shape index (κ2) is 8.65. The standard InChI is InChI=1S/C23H20FN3O6/c1-32-17-7-2-12(8-18(17)33-11-19(25)28)15-9-20(29)26-21-16(23(30)31)10-27(22(15)21)14-5-3-13(24)4-6-14/h2-8,10,15H,9,11H2,1H3,(H2,25,28)(H,26,29)(H,30,31)/t15-/m1/s1. The third kappa shape index (κ3) is 4.22. The van der Waals surface area contributed by atoms with E-state index in [1.807, 2.05) is 0 Å². The zero-order valence-corrected chi connectivity index (χ0v) is 17.5. The van der Waals surface area contributed by atoms with Gasteiger partial charge in [-0.3, -0.25) is 9.59 Å². The summed E-state index contributed by atoms with van der Waals surface area (Å²) in [7, 11) is 1.44. The quantitative estimate of drug-likeness (QED) is 0.504. The number of carbonyl (C=O) groups is 3. The summed E-state index contributed by atoms with van der Waals surface area (Å²) in [6.07, 6.45) is 1.42. The van der Waals surface area contributed by atoms with Gasteiger partial charge in [0.2, 0.25) is 5.91 Å². The molecule has 170 valence electrons. The van der Waals surface area contributed by atoms with Crippen LogP contribution in [0.25, 0.3) is 5.69 Å². The van der Waals surface area contributed by atoms with Crippen LogP contribution >= 0.6 is 0 Å². The molecule has 33 heavy (non-hydrogen) atoms. The highest BCUT2D eigenvalue weighted by molar-refractivity contribution is 6.04. The van der Waals surface area contributed by atoms with Crippen molar-refractivity contribution in [3.63, 3.8) is 0 Å². The molecular formula is C23H20FN3O6. The maximum Gasteiger partial charge on any atom is 0.339 e. The first-order valence-electron chi connectivity index (χ1n) is 9.92. The van der Waals surface area contributed by atoms with Crippen LogP contribution in [-0.4, -0.2) is 41.2 Å². The molecule has 0 radical (unpaired) electrons. The van der Waals surface area contributed by atoms with E-state index in [0.717, 1.165) is 0 Å². The summed E-state index contributed by atoms with van der Waals surface area (Å²) in [6, 6.07) is 10.5. The van der Waals surface area contributed by atoms with Crippen molar-refractivity contribution in [1.29, 1.82) is 0 Å². The van der Waals surface area contributed by atoms with E-state index in [1.165, 1.54) is 37.6 Å². The van der Waals surface area contributed by atoms with Gasteiger partial charge in [-0.2, -0.15) is 0 Å². The van der Waals surface area contributed by atoms with Gasteiger partial charge in [-0.1, -0.05) is 6.07 Å². The van der Waals surface area contributed by atoms with Crippen molar-refractivity contribution >= 4 is 23.5 Å². The molecule has 0 aliphatic carbocycles. The largest absolute Gasteiger partial charge is 0.493 e. The Hall–Kier alpha value is -4.34. The number of nitrogens with zero attached hydrogens (tertiary/aromatic N) is 1. The van der Waals surface area contributed by atoms with E-state index in [4.69, 9.17) is 15.2 Å². The Bertz CT molecular complexity index is 1250. The Morgan fingerprint density at radius 2 is 1.94 bits per heavy atom. The highest BCUT2D eigenvalue weighted by Gasteiger charge is 2.35. The molecular weight excluding hydrogens is 433 g/mol. The number of aromatic nitrogens is 1. The summed E-state index contributed by atoms with van der Waals surface area (Å²) in [4.78, 5) is 35.6. The van der Waals surface area contributed by atoms with Crippen LogP contribution in [0.15, 0.2) is 48.7 Å². The highest BCUT2D eigenvalue weighted by atomic mass is 19.1. The molecule has 2 aromatic carbocycles. The van der Waals surface area contributed by atoms with Gasteiger partial charge < -0.3 is 30.2 Å². The van der Waals surface area contributed by atoms with Gasteiger partial charge in [0.05, 0.1) is 18.5 Å². The minimum absolute atomic E-state index is 0.0266. The van der Waals surface area contributed by atoms with Crippen molar-refractivity contribution in [2.45, 2.75) is 12.3 Å². The summed E-state index contributed by atoms with van der Waals surface area (Å²) >= 11 is 0. The zero-order valence-electron chi connectivity index (χ0n) is 17.5. The number of ether oxygens (including phenoxy) is 2. The van der Waals surface area contributed by atoms with Gasteiger partial charge in [0.1, 0.15) is 11.4 Å². The second-order valence-corrected chi connectivity index (χ2v) is 7.42. The van der Waals surface area contributed by atoms with Crippen LogP contribution in [0.4, 0.5) is 10.1 Å². The number of hydrogen-bond donors (Lipinski definition) is 3. The third-order valence-corrected chi connectivity index (χ3v) is 5.32. The molecule has 3 aromatic rings. The molecule has 1 atom stereocenters. The fraction of sp³-hybridized carbons (Fsp3) is 0.174. The number of fused-ring (bicyclic) bond motifs is 1. The number of methoxy groups -OCH3 is 1. The summed E-state index contributed by atoms with van der Waals surface area (Å²) in [5.74, 6) is -2.63. The van der Waals surface area contributed by atoms with Gasteiger partial charge in [0, 0.05) is 24.2 Å². The van der Waals surface area contributed by atoms with E-state index in [-0.39, 0.29) is 35.9 Å². The number of halogens is 1. The Morgan fingerprint density at radius 3 is 2.58 bits per heavy atom. The molecule has 0 bridgehead atoms. The van der Waals surface area contributed by atoms with Crippen LogP contribution in [0.1, 0.15) is 34.0 Å². The Labute approximate surface area is 187 Å². The van der Waals surface area contributed by atoms with Crippen molar-refractivity contribution < 1.29 is 33.4 Å². The fourth-order valence-electron chi connectivity index (χ4n) is 3.89. The molecule has 1 aromatic heterocycles. The first-order chi connectivity index (χ1) is 15.8. The van der Waals surface area contributed by atoms with Crippen molar-refractivity contribution in [1.82, 2.24) is 4.57 Å². The summed E-state index contributed by atoms with van der Waals surface area (Å²) in [5.41, 5.74) is 6.93. The molecule has 9 nitrogen and oxygen atoms in total. The van der Waals surface area contributed by atoms with Gasteiger partial charge in [-0.15, -0.1) is 0 Å². The number of carboxylic acid groups (broad SMARTS) is 1. The lowest BCUT2D eigenvalue weighted by atomic mass is 9.88. The smallest absolute Gasteiger partial charge is 0.339 e. The molecule has 0 saturated carbocycles. The third-order valence-electron chi connectivity index (χ3n) is 5.32. The number of amides is 2. The molecule has 0 saturated heterocycles. The molecule has 0 fully saturated rings. The van der Waals surface area contributed by atoms with E-state index in [9.17, 15) is 23.9 Å². The number of nitrogens with one attached hydrogen (secondary N) is 1. The lowest BCUT2D eigenvalue weighted by Gasteiger charge is -2.27. The average molecular weight is 453 g/mol. The first-order valence-corrected chi connectivity index (χ1v) is 9.92. The van der Waals surface area contributed by atoms with Gasteiger partial charge in [-0.25, -0.2) is 9.18 Å². The van der Waals surface area contributed by atoms with Crippen LogP contribution in [0.3, 0.4) is 0 Å². The first kappa shape index (κ1) is 21.9. The number of carbonyl (C=O) groups excluding carboxylic acids is 2. The highest BCUT2D eigenvalue weighted by Crippen LogP contribution is 2.43. The van der Waals surface area contributed by atoms with Crippen LogP contribution < -0.4 is 20.5 Å². The molecule has 0 unspecified atom stereocenters. The number of rotatable bonds is 7. The minimum atomic E-state index is -1.21. The summed E-state index contributed by atoms with van der Waals surface area (Å²) in [6.45, 7) is -0.370. The van der Waals surface area contributed by atoms with Gasteiger partial charge >= 0.3 is 5.97 Å². The maximum atomic E-state index is 13.5. The van der Waals surface area contributed by atoms with Crippen LogP contribution in [0, 0.1) is 5.82 Å². The molecule has 4 rings (SSSR count). The number of aromatic carboxylic acids is 1. The SMILES string of the molecule is COc1ccc([C@H]2CC(=O)Nc3c(C(=O)O)cn(-c4ccc(F)cc4)c32)cc1OCC(N)=O. The van der Waals surface area contributed by atoms with Gasteiger partial charge in [0.25, 0.3) is 5.91 Å². The molecule has 2 amide bonds. The predicted octanol–water partition coefficient (Wildman–Crippen LogP) is 2.66. The van der Waals surface area contributed by atoms with E-state index in [0.29, 0.717) is 22.7 Å². The second-order valence-electron chi connectivity index (χ2n) is 7.42. The van der Waals surface area contributed by atoms with Crippen molar-refractivity contribution in [3.8, 4) is 17.2 Å². The predicted molar refractivity (Wildman–Crippen MR) is 115 cm³/mol. The zero-order chi connectivity index (χ0) is 23.7. The number of anilines is 1. The Kier molecular flexibility index (Phi) is 5.74. The fourth-order valence-corrected chi connectivity index (χ4v) is 3.89. The van der Waals surface area contributed by atoms with E-state index in [2.05, 4.69) is 5.32 Å². The molecule has 4 N–H and O–H groups in total. The number of nitrogens with two attached hydrogens (primary N) is 1.